The normalized spacial score (nSPS) is 10.6. The largest absolute Gasteiger partial charge is 0.434 e. The molecule has 0 aromatic heterocycles. The van der Waals surface area contributed by atoms with E-state index < -0.39 is 0 Å². The molecule has 0 saturated heterocycles. The van der Waals surface area contributed by atoms with E-state index in [2.05, 4.69) is 12.2 Å². The highest BCUT2D eigenvalue weighted by Crippen LogP contribution is 2.12. The third-order valence-corrected chi connectivity index (χ3v) is 2.80. The van der Waals surface area contributed by atoms with Crippen LogP contribution in [0.25, 0.3) is 0 Å². The van der Waals surface area contributed by atoms with Gasteiger partial charge in [0.2, 0.25) is 0 Å². The van der Waals surface area contributed by atoms with E-state index in [4.69, 9.17) is 16.3 Å². The number of ether oxygens (including phenoxy) is 1. The van der Waals surface area contributed by atoms with Crippen LogP contribution in [0.2, 0.25) is 5.02 Å². The predicted octanol–water partition coefficient (Wildman–Crippen LogP) is 4.39. The number of anilines is 1. The molecule has 1 aromatic carbocycles. The number of allylic oxidation sites excluding steroid dienone is 1. The summed E-state index contributed by atoms with van der Waals surface area (Å²) in [5.41, 5.74) is 0.841. The Morgan fingerprint density at radius 2 is 2.05 bits per heavy atom. The SMILES string of the molecule is CCCCC/C=C/OC(=O)CNc1ccc(Cl)cc1. The lowest BCUT2D eigenvalue weighted by molar-refractivity contribution is -0.135. The van der Waals surface area contributed by atoms with Crippen molar-refractivity contribution in [3.05, 3.63) is 41.6 Å². The van der Waals surface area contributed by atoms with Gasteiger partial charge in [0.15, 0.2) is 0 Å². The molecule has 0 saturated carbocycles. The molecule has 0 aliphatic rings. The molecule has 0 aliphatic carbocycles. The Morgan fingerprint density at radius 3 is 2.74 bits per heavy atom. The number of esters is 1. The van der Waals surface area contributed by atoms with Gasteiger partial charge in [-0.3, -0.25) is 0 Å². The van der Waals surface area contributed by atoms with E-state index in [1.165, 1.54) is 19.1 Å². The number of rotatable bonds is 8. The summed E-state index contributed by atoms with van der Waals surface area (Å²) in [6, 6.07) is 7.16. The van der Waals surface area contributed by atoms with E-state index in [1.54, 1.807) is 12.1 Å². The van der Waals surface area contributed by atoms with Crippen LogP contribution < -0.4 is 5.32 Å². The van der Waals surface area contributed by atoms with Gasteiger partial charge in [-0.2, -0.15) is 0 Å². The van der Waals surface area contributed by atoms with Crippen molar-refractivity contribution in [3.63, 3.8) is 0 Å². The molecule has 0 atom stereocenters. The van der Waals surface area contributed by atoms with E-state index >= 15 is 0 Å². The minimum Gasteiger partial charge on any atom is -0.434 e. The summed E-state index contributed by atoms with van der Waals surface area (Å²) < 4.78 is 4.96. The number of benzene rings is 1. The summed E-state index contributed by atoms with van der Waals surface area (Å²) in [4.78, 5) is 11.4. The van der Waals surface area contributed by atoms with Gasteiger partial charge in [0.05, 0.1) is 6.26 Å². The van der Waals surface area contributed by atoms with Crippen molar-refractivity contribution in [1.82, 2.24) is 0 Å². The first-order valence-electron chi connectivity index (χ1n) is 6.56. The molecule has 0 unspecified atom stereocenters. The van der Waals surface area contributed by atoms with Crippen LogP contribution in [-0.2, 0) is 9.53 Å². The summed E-state index contributed by atoms with van der Waals surface area (Å²) in [7, 11) is 0. The van der Waals surface area contributed by atoms with Crippen molar-refractivity contribution in [2.75, 3.05) is 11.9 Å². The molecule has 0 amide bonds. The summed E-state index contributed by atoms with van der Waals surface area (Å²) in [5.74, 6) is -0.304. The van der Waals surface area contributed by atoms with Crippen molar-refractivity contribution < 1.29 is 9.53 Å². The Kier molecular flexibility index (Phi) is 7.75. The van der Waals surface area contributed by atoms with E-state index in [1.807, 2.05) is 18.2 Å². The van der Waals surface area contributed by atoms with Crippen molar-refractivity contribution in [3.8, 4) is 0 Å². The van der Waals surface area contributed by atoms with Gasteiger partial charge in [0.25, 0.3) is 0 Å². The molecule has 1 aromatic rings. The second-order valence-corrected chi connectivity index (χ2v) is 4.65. The summed E-state index contributed by atoms with van der Waals surface area (Å²) in [6.07, 6.45) is 7.84. The Balaban J connectivity index is 2.15. The van der Waals surface area contributed by atoms with Gasteiger partial charge in [0, 0.05) is 10.7 Å². The molecule has 1 rings (SSSR count). The minimum atomic E-state index is -0.304. The maximum absolute atomic E-state index is 11.4. The van der Waals surface area contributed by atoms with Gasteiger partial charge < -0.3 is 10.1 Å². The summed E-state index contributed by atoms with van der Waals surface area (Å²) in [5, 5.41) is 3.64. The number of halogens is 1. The summed E-state index contributed by atoms with van der Waals surface area (Å²) >= 11 is 5.77. The molecular weight excluding hydrogens is 262 g/mol. The first kappa shape index (κ1) is 15.6. The maximum atomic E-state index is 11.4. The fourth-order valence-corrected chi connectivity index (χ4v) is 1.61. The van der Waals surface area contributed by atoms with Gasteiger partial charge in [-0.15, -0.1) is 0 Å². The summed E-state index contributed by atoms with van der Waals surface area (Å²) in [6.45, 7) is 2.30. The van der Waals surface area contributed by atoms with Crippen LogP contribution in [0.5, 0.6) is 0 Å². The van der Waals surface area contributed by atoms with Crippen LogP contribution in [0, 0.1) is 0 Å². The average Bonchev–Trinajstić information content (AvgIpc) is 2.42. The lowest BCUT2D eigenvalue weighted by Gasteiger charge is -2.04. The van der Waals surface area contributed by atoms with Gasteiger partial charge in [0.1, 0.15) is 6.54 Å². The molecule has 0 fully saturated rings. The van der Waals surface area contributed by atoms with Crippen molar-refractivity contribution in [2.24, 2.45) is 0 Å². The highest BCUT2D eigenvalue weighted by molar-refractivity contribution is 6.30. The van der Waals surface area contributed by atoms with Crippen LogP contribution in [0.4, 0.5) is 5.69 Å². The number of carbonyl (C=O) groups is 1. The van der Waals surface area contributed by atoms with Crippen LogP contribution in [0.1, 0.15) is 32.6 Å². The van der Waals surface area contributed by atoms with Crippen molar-refractivity contribution in [2.45, 2.75) is 32.6 Å². The molecular formula is C15H20ClNO2. The third-order valence-electron chi connectivity index (χ3n) is 2.55. The zero-order chi connectivity index (χ0) is 13.9. The number of hydrogen-bond donors (Lipinski definition) is 1. The molecule has 104 valence electrons. The number of carbonyl (C=O) groups excluding carboxylic acids is 1. The lowest BCUT2D eigenvalue weighted by atomic mass is 10.2. The Labute approximate surface area is 119 Å². The van der Waals surface area contributed by atoms with E-state index in [0.29, 0.717) is 5.02 Å². The number of hydrogen-bond acceptors (Lipinski definition) is 3. The zero-order valence-corrected chi connectivity index (χ0v) is 12.0. The lowest BCUT2D eigenvalue weighted by Crippen LogP contribution is -2.14. The van der Waals surface area contributed by atoms with Gasteiger partial charge in [-0.05, 0) is 43.2 Å². The number of unbranched alkanes of at least 4 members (excludes halogenated alkanes) is 3. The van der Waals surface area contributed by atoms with Crippen LogP contribution in [0.3, 0.4) is 0 Å². The fourth-order valence-electron chi connectivity index (χ4n) is 1.49. The van der Waals surface area contributed by atoms with Crippen molar-refractivity contribution in [1.29, 1.82) is 0 Å². The van der Waals surface area contributed by atoms with E-state index in [9.17, 15) is 4.79 Å². The topological polar surface area (TPSA) is 38.3 Å². The van der Waals surface area contributed by atoms with Crippen LogP contribution in [-0.4, -0.2) is 12.5 Å². The molecule has 19 heavy (non-hydrogen) atoms. The fraction of sp³-hybridized carbons (Fsp3) is 0.400. The molecule has 0 aliphatic heterocycles. The molecule has 0 bridgehead atoms. The quantitative estimate of drug-likeness (QED) is 0.436. The van der Waals surface area contributed by atoms with Gasteiger partial charge in [-0.1, -0.05) is 31.4 Å². The predicted molar refractivity (Wildman–Crippen MR) is 79.3 cm³/mol. The highest BCUT2D eigenvalue weighted by Gasteiger charge is 2.00. The van der Waals surface area contributed by atoms with E-state index in [-0.39, 0.29) is 12.5 Å². The Bertz CT molecular complexity index is 401. The molecule has 0 spiro atoms. The third kappa shape index (κ3) is 7.52. The van der Waals surface area contributed by atoms with Crippen molar-refractivity contribution >= 4 is 23.3 Å². The molecule has 4 heteroatoms. The highest BCUT2D eigenvalue weighted by atomic mass is 35.5. The number of nitrogens with one attached hydrogen (secondary N) is 1. The van der Waals surface area contributed by atoms with Gasteiger partial charge >= 0.3 is 5.97 Å². The van der Waals surface area contributed by atoms with Gasteiger partial charge in [-0.25, -0.2) is 4.79 Å². The average molecular weight is 282 g/mol. The standard InChI is InChI=1S/C15H20ClNO2/c1-2-3-4-5-6-11-19-15(18)12-17-14-9-7-13(16)8-10-14/h6-11,17H,2-5,12H2,1H3/b11-6+. The molecule has 0 heterocycles. The van der Waals surface area contributed by atoms with Crippen LogP contribution >= 0.6 is 11.6 Å². The smallest absolute Gasteiger partial charge is 0.330 e. The molecule has 0 radical (unpaired) electrons. The monoisotopic (exact) mass is 281 g/mol. The minimum absolute atomic E-state index is 0.140. The maximum Gasteiger partial charge on any atom is 0.330 e. The van der Waals surface area contributed by atoms with E-state index in [0.717, 1.165) is 18.5 Å². The Morgan fingerprint density at radius 1 is 1.32 bits per heavy atom. The Hall–Kier alpha value is -1.48. The molecule has 3 nitrogen and oxygen atoms in total. The first-order chi connectivity index (χ1) is 9.22. The molecule has 1 N–H and O–H groups in total. The zero-order valence-electron chi connectivity index (χ0n) is 11.2. The first-order valence-corrected chi connectivity index (χ1v) is 6.94. The second kappa shape index (κ2) is 9.45. The second-order valence-electron chi connectivity index (χ2n) is 4.22. The van der Waals surface area contributed by atoms with Crippen LogP contribution in [0.15, 0.2) is 36.6 Å².